The first-order chi connectivity index (χ1) is 35.9. The van der Waals surface area contributed by atoms with Crippen molar-refractivity contribution in [1.82, 2.24) is 13.7 Å². The molecule has 3 aromatic heterocycles. The van der Waals surface area contributed by atoms with E-state index in [1.807, 2.05) is 18.2 Å². The van der Waals surface area contributed by atoms with Crippen LogP contribution in [0.1, 0.15) is 61.6 Å². The van der Waals surface area contributed by atoms with Crippen molar-refractivity contribution in [1.29, 1.82) is 0 Å². The summed E-state index contributed by atoms with van der Waals surface area (Å²) in [6.45, 7) is 24.8. The Morgan fingerprint density at radius 3 is 2.03 bits per heavy atom. The van der Waals surface area contributed by atoms with Crippen molar-refractivity contribution in [3.05, 3.63) is 259 Å². The molecule has 0 bridgehead atoms. The standard InChI is InChI=1S/C69H62N4/c1-8-23-48-36-37-49-44-61-60-45-54(72-62(26-11-4)55(12-5)56-30-16-19-33-63(56)72)39-41-66(60)73(52(24-9-2)25-10-3)69(61)59-40-38-50(67(48)68(49)59)46-70(51-27-14-13-15-28-51)42-22-29-53(43-47(6)7)71-64-34-20-17-31-57(64)58-32-18-21-35-65(58)71/h8-35,39,41,43-45H,1-2,5-6,36-38,40,42,46H2,3-4,7H3/b25-10-,26-11-,29-22-,48-23-,52-24+,53-43+. The summed E-state index contributed by atoms with van der Waals surface area (Å²) in [5, 5.41) is 6.21. The molecule has 358 valence electrons. The number of para-hydroxylation sites is 4. The number of aryl methyl sites for hydroxylation is 2. The lowest BCUT2D eigenvalue weighted by atomic mass is 9.73. The fraction of sp³-hybridized carbons (Fsp3) is 0.130. The van der Waals surface area contributed by atoms with Crippen LogP contribution in [0.5, 0.6) is 0 Å². The van der Waals surface area contributed by atoms with E-state index in [1.165, 1.54) is 88.1 Å². The molecule has 4 nitrogen and oxygen atoms in total. The molecule has 11 rings (SSSR count). The maximum atomic E-state index is 4.34. The number of anilines is 1. The normalized spacial score (nSPS) is 14.9. The summed E-state index contributed by atoms with van der Waals surface area (Å²) in [7, 11) is 0. The van der Waals surface area contributed by atoms with Gasteiger partial charge in [-0.15, -0.1) is 0 Å². The number of hydrogen-bond donors (Lipinski definition) is 0. The summed E-state index contributed by atoms with van der Waals surface area (Å²) in [6.07, 6.45) is 29.6. The van der Waals surface area contributed by atoms with E-state index in [2.05, 4.69) is 248 Å². The highest BCUT2D eigenvalue weighted by molar-refractivity contribution is 6.15. The van der Waals surface area contributed by atoms with Crippen LogP contribution in [0.4, 0.5) is 5.69 Å². The van der Waals surface area contributed by atoms with Crippen molar-refractivity contribution in [2.24, 2.45) is 0 Å². The molecular formula is C69H62N4. The first kappa shape index (κ1) is 46.8. The molecule has 0 amide bonds. The van der Waals surface area contributed by atoms with Gasteiger partial charge in [-0.1, -0.05) is 147 Å². The van der Waals surface area contributed by atoms with E-state index in [4.69, 9.17) is 0 Å². The topological polar surface area (TPSA) is 18.0 Å². The second-order valence-corrected chi connectivity index (χ2v) is 19.3. The summed E-state index contributed by atoms with van der Waals surface area (Å²) in [6, 6.07) is 46.6. The number of allylic oxidation sites excluding steroid dienone is 14. The number of rotatable bonds is 15. The van der Waals surface area contributed by atoms with Gasteiger partial charge < -0.3 is 18.6 Å². The zero-order valence-electron chi connectivity index (χ0n) is 42.4. The molecule has 3 heterocycles. The van der Waals surface area contributed by atoms with Gasteiger partial charge in [-0.05, 0) is 165 Å². The quantitative estimate of drug-likeness (QED) is 0.0937. The zero-order chi connectivity index (χ0) is 50.2. The molecule has 0 spiro atoms. The fourth-order valence-electron chi connectivity index (χ4n) is 12.0. The predicted octanol–water partition coefficient (Wildman–Crippen LogP) is 18.1. The lowest BCUT2D eigenvalue weighted by Gasteiger charge is -2.35. The Bertz CT molecular complexity index is 3900. The van der Waals surface area contributed by atoms with E-state index in [9.17, 15) is 0 Å². The molecule has 9 aromatic rings. The third-order valence-electron chi connectivity index (χ3n) is 14.8. The van der Waals surface area contributed by atoms with Crippen LogP contribution in [0, 0.1) is 0 Å². The largest absolute Gasteiger partial charge is 0.364 e. The summed E-state index contributed by atoms with van der Waals surface area (Å²) < 4.78 is 7.29. The van der Waals surface area contributed by atoms with Gasteiger partial charge >= 0.3 is 0 Å². The Balaban J connectivity index is 1.08. The van der Waals surface area contributed by atoms with Crippen molar-refractivity contribution in [3.63, 3.8) is 0 Å². The molecular weight excluding hydrogens is 885 g/mol. The van der Waals surface area contributed by atoms with Crippen molar-refractivity contribution >= 4 is 89.3 Å². The second kappa shape index (κ2) is 19.9. The monoisotopic (exact) mass is 946 g/mol. The summed E-state index contributed by atoms with van der Waals surface area (Å²) in [5.74, 6) is 0. The van der Waals surface area contributed by atoms with Gasteiger partial charge in [0.2, 0.25) is 0 Å². The number of aromatic nitrogens is 3. The summed E-state index contributed by atoms with van der Waals surface area (Å²) in [4.78, 5) is 2.55. The number of hydrogen-bond acceptors (Lipinski definition) is 1. The molecule has 0 atom stereocenters. The smallest absolute Gasteiger partial charge is 0.0579 e. The maximum Gasteiger partial charge on any atom is 0.0579 e. The molecule has 4 heteroatoms. The maximum absolute atomic E-state index is 4.34. The Labute approximate surface area is 430 Å². The second-order valence-electron chi connectivity index (χ2n) is 19.3. The van der Waals surface area contributed by atoms with Crippen LogP contribution in [0.15, 0.2) is 231 Å². The SMILES string of the molecule is C=C/C=C1/CCc2cc3c4cc(-n5c(/C=C\C)c(C=C)c6ccccc65)ccc4n(C(/C=C\C)=C/C=C)c3c3c2C1=C(CN(C/C=C\C(=C/C(=C)C)n1c2ccccc2c2ccccc21)c1ccccc1)CC3. The molecule has 6 aromatic carbocycles. The van der Waals surface area contributed by atoms with E-state index in [-0.39, 0.29) is 0 Å². The highest BCUT2D eigenvalue weighted by Gasteiger charge is 2.32. The van der Waals surface area contributed by atoms with Crippen LogP contribution < -0.4 is 4.90 Å². The number of nitrogens with zero attached hydrogens (tertiary/aromatic N) is 4. The number of fused-ring (bicyclic) bond motifs is 8. The van der Waals surface area contributed by atoms with E-state index < -0.39 is 0 Å². The molecule has 0 radical (unpaired) electrons. The third-order valence-corrected chi connectivity index (χ3v) is 14.8. The Hall–Kier alpha value is -8.60. The van der Waals surface area contributed by atoms with Gasteiger partial charge in [0.25, 0.3) is 0 Å². The van der Waals surface area contributed by atoms with Crippen LogP contribution in [0.2, 0.25) is 0 Å². The minimum absolute atomic E-state index is 0.723. The van der Waals surface area contributed by atoms with Gasteiger partial charge in [-0.2, -0.15) is 0 Å². The van der Waals surface area contributed by atoms with Crippen molar-refractivity contribution in [3.8, 4) is 5.69 Å². The average Bonchev–Trinajstić information content (AvgIpc) is 4.05. The predicted molar refractivity (Wildman–Crippen MR) is 319 cm³/mol. The van der Waals surface area contributed by atoms with Crippen LogP contribution in [0.25, 0.3) is 89.3 Å². The van der Waals surface area contributed by atoms with Crippen LogP contribution in [0.3, 0.4) is 0 Å². The van der Waals surface area contributed by atoms with E-state index in [0.29, 0.717) is 0 Å². The lowest BCUT2D eigenvalue weighted by molar-refractivity contribution is 0.814. The Morgan fingerprint density at radius 1 is 0.644 bits per heavy atom. The van der Waals surface area contributed by atoms with Crippen LogP contribution in [-0.4, -0.2) is 26.8 Å². The van der Waals surface area contributed by atoms with Gasteiger partial charge in [0.05, 0.1) is 33.3 Å². The lowest BCUT2D eigenvalue weighted by Crippen LogP contribution is -2.28. The van der Waals surface area contributed by atoms with Gasteiger partial charge in [0.15, 0.2) is 0 Å². The van der Waals surface area contributed by atoms with Crippen molar-refractivity contribution in [2.75, 3.05) is 18.0 Å². The number of benzene rings is 6. The van der Waals surface area contributed by atoms with Crippen molar-refractivity contribution < 1.29 is 0 Å². The van der Waals surface area contributed by atoms with E-state index in [1.54, 1.807) is 0 Å². The molecule has 2 aliphatic rings. The highest BCUT2D eigenvalue weighted by atomic mass is 15.1. The minimum atomic E-state index is 0.723. The first-order valence-corrected chi connectivity index (χ1v) is 25.7. The van der Waals surface area contributed by atoms with Crippen LogP contribution in [-0.2, 0) is 12.8 Å². The molecule has 0 saturated heterocycles. The molecule has 0 unspecified atom stereocenters. The van der Waals surface area contributed by atoms with Gasteiger partial charge in [0.1, 0.15) is 0 Å². The van der Waals surface area contributed by atoms with Crippen LogP contribution >= 0.6 is 0 Å². The first-order valence-electron chi connectivity index (χ1n) is 25.7. The van der Waals surface area contributed by atoms with Gasteiger partial charge in [-0.3, -0.25) is 0 Å². The van der Waals surface area contributed by atoms with E-state index in [0.717, 1.165) is 78.2 Å². The molecule has 0 aliphatic heterocycles. The Morgan fingerprint density at radius 2 is 1.34 bits per heavy atom. The molecule has 73 heavy (non-hydrogen) atoms. The molecule has 2 aliphatic carbocycles. The Kier molecular flexibility index (Phi) is 12.7. The fourth-order valence-corrected chi connectivity index (χ4v) is 12.0. The zero-order valence-corrected chi connectivity index (χ0v) is 42.4. The van der Waals surface area contributed by atoms with Gasteiger partial charge in [-0.25, -0.2) is 0 Å². The van der Waals surface area contributed by atoms with Crippen molar-refractivity contribution in [2.45, 2.75) is 46.5 Å². The summed E-state index contributed by atoms with van der Waals surface area (Å²) in [5.41, 5.74) is 22.2. The third kappa shape index (κ3) is 8.14. The van der Waals surface area contributed by atoms with Gasteiger partial charge in [0, 0.05) is 68.4 Å². The molecule has 0 fully saturated rings. The minimum Gasteiger partial charge on any atom is -0.364 e. The van der Waals surface area contributed by atoms with E-state index >= 15 is 0 Å². The highest BCUT2D eigenvalue weighted by Crippen LogP contribution is 2.49. The molecule has 0 saturated carbocycles. The summed E-state index contributed by atoms with van der Waals surface area (Å²) >= 11 is 0. The molecule has 0 N–H and O–H groups in total. The average molecular weight is 947 g/mol.